The molecule has 0 radical (unpaired) electrons. The summed E-state index contributed by atoms with van der Waals surface area (Å²) in [5.74, 6) is -4.71. The summed E-state index contributed by atoms with van der Waals surface area (Å²) in [5.41, 5.74) is 2.66. The minimum absolute atomic E-state index is 0.0240. The van der Waals surface area contributed by atoms with Crippen molar-refractivity contribution < 1.29 is 29.0 Å². The van der Waals surface area contributed by atoms with Crippen molar-refractivity contribution in [2.45, 2.75) is 24.2 Å². The van der Waals surface area contributed by atoms with E-state index in [1.54, 1.807) is 42.5 Å². The molecule has 0 bridgehead atoms. The zero-order chi connectivity index (χ0) is 35.7. The number of nitrogens with zero attached hydrogens (tertiary/aromatic N) is 3. The highest BCUT2D eigenvalue weighted by Gasteiger charge is 2.70. The van der Waals surface area contributed by atoms with E-state index in [1.165, 1.54) is 9.80 Å². The number of anilines is 3. The summed E-state index contributed by atoms with van der Waals surface area (Å²) in [5, 5.41) is 11.2. The molecule has 9 nitrogen and oxygen atoms in total. The molecule has 4 fully saturated rings. The predicted molar refractivity (Wildman–Crippen MR) is 196 cm³/mol. The number of phenolic OH excluding ortho intramolecular Hbond substituents is 1. The van der Waals surface area contributed by atoms with E-state index in [4.69, 9.17) is 16.3 Å². The molecule has 9 rings (SSSR count). The number of fused-ring (bicyclic) bond motifs is 4. The normalized spacial score (nSPS) is 28.4. The van der Waals surface area contributed by atoms with Crippen LogP contribution in [0, 0.1) is 23.7 Å². The molecule has 5 aliphatic rings. The molecule has 4 aromatic rings. The van der Waals surface area contributed by atoms with E-state index in [1.807, 2.05) is 66.7 Å². The highest BCUT2D eigenvalue weighted by atomic mass is 35.5. The molecule has 52 heavy (non-hydrogen) atoms. The smallest absolute Gasteiger partial charge is 0.246 e. The van der Waals surface area contributed by atoms with E-state index < -0.39 is 35.0 Å². The van der Waals surface area contributed by atoms with Crippen LogP contribution >= 0.6 is 11.6 Å². The van der Waals surface area contributed by atoms with Gasteiger partial charge in [0.15, 0.2) is 0 Å². The third-order valence-corrected chi connectivity index (χ3v) is 12.1. The van der Waals surface area contributed by atoms with Crippen LogP contribution in [-0.2, 0) is 29.3 Å². The standard InChI is InChI=1S/C42H36ClN3O6/c43-27-9-5-10-30(23-27)46-39(49)35-24-34-32(37(25-6-4-11-31(47)22-25)42(35,41(46)51)26-7-2-1-3-8-26)16-17-33-36(34)40(50)45(38(33)48)29-14-12-28(13-15-29)44-18-20-52-21-19-44/h1-16,22-23,33-37,47H,17-21,24H2/t33-,34+,35-,36-,37-,42+/m0/s1. The van der Waals surface area contributed by atoms with E-state index in [9.17, 15) is 19.5 Å². The number of amides is 4. The summed E-state index contributed by atoms with van der Waals surface area (Å²) in [6, 6.07) is 30.4. The molecule has 10 heteroatoms. The molecule has 3 aliphatic heterocycles. The Morgan fingerprint density at radius 3 is 2.17 bits per heavy atom. The maximum Gasteiger partial charge on any atom is 0.246 e. The Kier molecular flexibility index (Phi) is 7.82. The number of imide groups is 2. The van der Waals surface area contributed by atoms with Crippen LogP contribution in [0.25, 0.3) is 0 Å². The first-order valence-corrected chi connectivity index (χ1v) is 18.2. The van der Waals surface area contributed by atoms with E-state index in [2.05, 4.69) is 4.90 Å². The van der Waals surface area contributed by atoms with Crippen molar-refractivity contribution in [1.82, 2.24) is 0 Å². The number of hydrogen-bond donors (Lipinski definition) is 1. The van der Waals surface area contributed by atoms with Crippen LogP contribution in [0.4, 0.5) is 17.1 Å². The maximum atomic E-state index is 15.3. The van der Waals surface area contributed by atoms with Gasteiger partial charge in [-0.2, -0.15) is 0 Å². The predicted octanol–water partition coefficient (Wildman–Crippen LogP) is 6.25. The quantitative estimate of drug-likeness (QED) is 0.193. The fourth-order valence-electron chi connectivity index (χ4n) is 9.71. The first-order valence-electron chi connectivity index (χ1n) is 17.8. The van der Waals surface area contributed by atoms with Gasteiger partial charge in [-0.15, -0.1) is 0 Å². The summed E-state index contributed by atoms with van der Waals surface area (Å²) in [6.45, 7) is 2.82. The van der Waals surface area contributed by atoms with Gasteiger partial charge in [-0.05, 0) is 84.5 Å². The Bertz CT molecular complexity index is 2150. The first kappa shape index (κ1) is 32.6. The number of hydrogen-bond acceptors (Lipinski definition) is 7. The van der Waals surface area contributed by atoms with Crippen LogP contribution in [-0.4, -0.2) is 55.0 Å². The summed E-state index contributed by atoms with van der Waals surface area (Å²) < 4.78 is 5.49. The number of aromatic hydroxyl groups is 1. The number of carbonyl (C=O) groups excluding carboxylic acids is 4. The van der Waals surface area contributed by atoms with Crippen LogP contribution < -0.4 is 14.7 Å². The van der Waals surface area contributed by atoms with Crippen LogP contribution in [0.5, 0.6) is 5.75 Å². The van der Waals surface area contributed by atoms with Crippen molar-refractivity contribution in [1.29, 1.82) is 0 Å². The fourth-order valence-corrected chi connectivity index (χ4v) is 9.90. The topological polar surface area (TPSA) is 107 Å². The van der Waals surface area contributed by atoms with Crippen molar-refractivity contribution in [3.63, 3.8) is 0 Å². The Morgan fingerprint density at radius 2 is 1.44 bits per heavy atom. The average molecular weight is 714 g/mol. The third kappa shape index (κ3) is 4.79. The molecule has 0 spiro atoms. The van der Waals surface area contributed by atoms with Gasteiger partial charge in [-0.3, -0.25) is 24.1 Å². The fraction of sp³-hybridized carbons (Fsp3) is 0.286. The summed E-state index contributed by atoms with van der Waals surface area (Å²) in [7, 11) is 0. The van der Waals surface area contributed by atoms with Crippen LogP contribution in [0.3, 0.4) is 0 Å². The number of benzene rings is 4. The number of rotatable bonds is 5. The van der Waals surface area contributed by atoms with Gasteiger partial charge in [0.25, 0.3) is 0 Å². The molecule has 3 saturated heterocycles. The van der Waals surface area contributed by atoms with Gasteiger partial charge in [0, 0.05) is 29.7 Å². The van der Waals surface area contributed by atoms with Gasteiger partial charge in [0.05, 0.1) is 47.8 Å². The van der Waals surface area contributed by atoms with E-state index in [-0.39, 0.29) is 35.8 Å². The average Bonchev–Trinajstić information content (AvgIpc) is 3.56. The SMILES string of the molecule is O=C1[C@H]2[C@H](CC=C3[C@H]2C[C@H]2C(=O)N(c4cccc(Cl)c4)C(=O)[C@@]2(c2ccccc2)[C@H]3c2cccc(O)c2)C(=O)N1c1ccc(N2CCOCC2)cc1. The molecular weight excluding hydrogens is 678 g/mol. The number of phenols is 1. The minimum atomic E-state index is -1.40. The van der Waals surface area contributed by atoms with Crippen molar-refractivity contribution in [2.24, 2.45) is 23.7 Å². The van der Waals surface area contributed by atoms with Gasteiger partial charge in [-0.1, -0.05) is 71.8 Å². The minimum Gasteiger partial charge on any atom is -0.508 e. The molecule has 0 aromatic heterocycles. The van der Waals surface area contributed by atoms with E-state index >= 15 is 4.79 Å². The lowest BCUT2D eigenvalue weighted by Gasteiger charge is -2.50. The molecule has 4 aromatic carbocycles. The largest absolute Gasteiger partial charge is 0.508 e. The third-order valence-electron chi connectivity index (χ3n) is 11.9. The van der Waals surface area contributed by atoms with Gasteiger partial charge in [0.1, 0.15) is 5.75 Å². The van der Waals surface area contributed by atoms with E-state index in [0.29, 0.717) is 47.2 Å². The number of carbonyl (C=O) groups is 4. The Balaban J connectivity index is 1.17. The molecule has 1 N–H and O–H groups in total. The van der Waals surface area contributed by atoms with E-state index in [0.717, 1.165) is 24.4 Å². The lowest BCUT2D eigenvalue weighted by Crippen LogP contribution is -2.53. The monoisotopic (exact) mass is 713 g/mol. The number of ether oxygens (including phenoxy) is 1. The van der Waals surface area contributed by atoms with Gasteiger partial charge in [0.2, 0.25) is 23.6 Å². The van der Waals surface area contributed by atoms with Crippen molar-refractivity contribution in [3.8, 4) is 5.75 Å². The lowest BCUT2D eigenvalue weighted by molar-refractivity contribution is -0.127. The van der Waals surface area contributed by atoms with Crippen molar-refractivity contribution in [2.75, 3.05) is 41.0 Å². The number of morpholine rings is 1. The Morgan fingerprint density at radius 1 is 0.712 bits per heavy atom. The zero-order valence-electron chi connectivity index (χ0n) is 28.2. The lowest BCUT2D eigenvalue weighted by atomic mass is 9.49. The molecule has 6 atom stereocenters. The molecule has 262 valence electrons. The second-order valence-electron chi connectivity index (χ2n) is 14.3. The number of halogens is 1. The Labute approximate surface area is 306 Å². The Hall–Kier alpha value is -5.25. The molecule has 3 heterocycles. The van der Waals surface area contributed by atoms with Gasteiger partial charge in [-0.25, -0.2) is 4.90 Å². The second-order valence-corrected chi connectivity index (χ2v) is 14.8. The second kappa shape index (κ2) is 12.5. The molecular formula is C42H36ClN3O6. The highest BCUT2D eigenvalue weighted by molar-refractivity contribution is 6.32. The van der Waals surface area contributed by atoms with Crippen LogP contribution in [0.1, 0.15) is 29.9 Å². The van der Waals surface area contributed by atoms with Crippen LogP contribution in [0.15, 0.2) is 115 Å². The molecule has 0 unspecified atom stereocenters. The highest BCUT2D eigenvalue weighted by Crippen LogP contribution is 2.64. The van der Waals surface area contributed by atoms with Gasteiger partial charge >= 0.3 is 0 Å². The molecule has 1 saturated carbocycles. The van der Waals surface area contributed by atoms with Crippen molar-refractivity contribution >= 4 is 52.3 Å². The zero-order valence-corrected chi connectivity index (χ0v) is 29.0. The summed E-state index contributed by atoms with van der Waals surface area (Å²) in [4.78, 5) is 63.7. The van der Waals surface area contributed by atoms with Crippen LogP contribution in [0.2, 0.25) is 5.02 Å². The molecule has 4 amide bonds. The van der Waals surface area contributed by atoms with Crippen molar-refractivity contribution in [3.05, 3.63) is 131 Å². The maximum absolute atomic E-state index is 15.3. The summed E-state index contributed by atoms with van der Waals surface area (Å²) >= 11 is 6.40. The molecule has 2 aliphatic carbocycles. The first-order chi connectivity index (χ1) is 25.3. The number of allylic oxidation sites excluding steroid dienone is 2. The van der Waals surface area contributed by atoms with Gasteiger partial charge < -0.3 is 14.7 Å². The summed E-state index contributed by atoms with van der Waals surface area (Å²) in [6.07, 6.45) is 2.54.